The maximum absolute atomic E-state index is 5.34. The van der Waals surface area contributed by atoms with Crippen LogP contribution in [0.15, 0.2) is 36.5 Å². The van der Waals surface area contributed by atoms with Gasteiger partial charge < -0.3 is 19.5 Å². The van der Waals surface area contributed by atoms with Gasteiger partial charge in [-0.05, 0) is 12.1 Å². The average molecular weight is 300 g/mol. The Morgan fingerprint density at radius 1 is 0.955 bits per heavy atom. The first-order valence-corrected chi connectivity index (χ1v) is 6.63. The average Bonchev–Trinajstić information content (AvgIpc) is 2.97. The number of nitrogens with one attached hydrogen (secondary N) is 1. The minimum atomic E-state index is 0.543. The number of fused-ring (bicyclic) bond motifs is 1. The van der Waals surface area contributed by atoms with Crippen molar-refractivity contribution in [3.63, 3.8) is 0 Å². The second-order valence-electron chi connectivity index (χ2n) is 4.49. The molecule has 0 bridgehead atoms. The van der Waals surface area contributed by atoms with E-state index in [-0.39, 0.29) is 0 Å². The highest BCUT2D eigenvalue weighted by Crippen LogP contribution is 2.40. The molecule has 0 fully saturated rings. The quantitative estimate of drug-likeness (QED) is 0.780. The van der Waals surface area contributed by atoms with E-state index in [9.17, 15) is 0 Å². The van der Waals surface area contributed by atoms with Crippen molar-refractivity contribution in [2.24, 2.45) is 0 Å². The highest BCUT2D eigenvalue weighted by atomic mass is 16.5. The summed E-state index contributed by atoms with van der Waals surface area (Å²) in [6, 6.07) is 9.33. The van der Waals surface area contributed by atoms with Gasteiger partial charge in [0.1, 0.15) is 0 Å². The summed E-state index contributed by atoms with van der Waals surface area (Å²) < 4.78 is 17.8. The van der Waals surface area contributed by atoms with E-state index in [4.69, 9.17) is 14.2 Å². The van der Waals surface area contributed by atoms with Gasteiger partial charge in [-0.1, -0.05) is 6.07 Å². The lowest BCUT2D eigenvalue weighted by molar-refractivity contribution is 0.324. The number of benzene rings is 1. The minimum absolute atomic E-state index is 0.543. The lowest BCUT2D eigenvalue weighted by Crippen LogP contribution is -2.00. The normalized spacial score (nSPS) is 10.5. The molecule has 114 valence electrons. The molecule has 0 saturated carbocycles. The van der Waals surface area contributed by atoms with Gasteiger partial charge in [-0.15, -0.1) is 10.2 Å². The first kappa shape index (κ1) is 14.0. The van der Waals surface area contributed by atoms with Gasteiger partial charge in [0.05, 0.1) is 21.3 Å². The molecule has 0 aliphatic heterocycles. The molecule has 1 aromatic carbocycles. The molecule has 22 heavy (non-hydrogen) atoms. The van der Waals surface area contributed by atoms with Crippen molar-refractivity contribution >= 4 is 17.3 Å². The van der Waals surface area contributed by atoms with Crippen molar-refractivity contribution < 1.29 is 14.2 Å². The smallest absolute Gasteiger partial charge is 0.233 e. The van der Waals surface area contributed by atoms with Gasteiger partial charge in [0.2, 0.25) is 11.7 Å². The van der Waals surface area contributed by atoms with E-state index in [0.717, 1.165) is 11.3 Å². The van der Waals surface area contributed by atoms with Crippen LogP contribution >= 0.6 is 0 Å². The second kappa shape index (κ2) is 5.80. The summed E-state index contributed by atoms with van der Waals surface area (Å²) in [5, 5.41) is 11.4. The fourth-order valence-electron chi connectivity index (χ4n) is 2.21. The van der Waals surface area contributed by atoms with Gasteiger partial charge in [-0.3, -0.25) is 4.40 Å². The molecule has 0 atom stereocenters. The molecular weight excluding hydrogens is 284 g/mol. The Bertz CT molecular complexity index is 775. The molecule has 0 aliphatic carbocycles. The highest BCUT2D eigenvalue weighted by Gasteiger charge is 2.14. The number of pyridine rings is 1. The Morgan fingerprint density at radius 3 is 2.32 bits per heavy atom. The predicted octanol–water partition coefficient (Wildman–Crippen LogP) is 2.50. The zero-order chi connectivity index (χ0) is 15.5. The first-order valence-electron chi connectivity index (χ1n) is 6.63. The molecule has 7 heteroatoms. The summed E-state index contributed by atoms with van der Waals surface area (Å²) in [5.74, 6) is 2.28. The molecular formula is C15H16N4O3. The van der Waals surface area contributed by atoms with Crippen LogP contribution in [-0.2, 0) is 0 Å². The third kappa shape index (κ3) is 2.37. The summed E-state index contributed by atoms with van der Waals surface area (Å²) in [4.78, 5) is 0. The zero-order valence-corrected chi connectivity index (χ0v) is 12.5. The van der Waals surface area contributed by atoms with Crippen LogP contribution in [0.25, 0.3) is 5.65 Å². The Balaban J connectivity index is 2.01. The molecule has 2 aromatic heterocycles. The largest absolute Gasteiger partial charge is 0.493 e. The van der Waals surface area contributed by atoms with Gasteiger partial charge in [-0.2, -0.15) is 0 Å². The molecule has 3 rings (SSSR count). The summed E-state index contributed by atoms with van der Waals surface area (Å²) in [6.45, 7) is 0. The summed E-state index contributed by atoms with van der Waals surface area (Å²) >= 11 is 0. The fourth-order valence-corrected chi connectivity index (χ4v) is 2.21. The van der Waals surface area contributed by atoms with E-state index in [0.29, 0.717) is 23.2 Å². The van der Waals surface area contributed by atoms with Crippen molar-refractivity contribution in [3.05, 3.63) is 36.5 Å². The Labute approximate surface area is 127 Å². The van der Waals surface area contributed by atoms with Crippen LogP contribution < -0.4 is 19.5 Å². The molecule has 3 aromatic rings. The number of anilines is 2. The molecule has 0 saturated heterocycles. The van der Waals surface area contributed by atoms with Gasteiger partial charge >= 0.3 is 0 Å². The van der Waals surface area contributed by atoms with Gasteiger partial charge in [0, 0.05) is 24.0 Å². The molecule has 0 unspecified atom stereocenters. The van der Waals surface area contributed by atoms with Crippen LogP contribution in [0.2, 0.25) is 0 Å². The standard InChI is InChI=1S/C15H16N4O3/c1-20-11-8-10(9-12(21-2)14(11)22-3)16-15-18-17-13-6-4-5-7-19(13)15/h4-9H,1-3H3,(H,16,18). The van der Waals surface area contributed by atoms with E-state index < -0.39 is 0 Å². The van der Waals surface area contributed by atoms with Crippen molar-refractivity contribution in [2.75, 3.05) is 26.6 Å². The van der Waals surface area contributed by atoms with Crippen molar-refractivity contribution in [3.8, 4) is 17.2 Å². The first-order chi connectivity index (χ1) is 10.8. The number of ether oxygens (including phenoxy) is 3. The van der Waals surface area contributed by atoms with E-state index in [1.54, 1.807) is 21.3 Å². The molecule has 1 N–H and O–H groups in total. The van der Waals surface area contributed by atoms with Gasteiger partial charge in [0.25, 0.3) is 0 Å². The number of nitrogens with zero attached hydrogens (tertiary/aromatic N) is 3. The van der Waals surface area contributed by atoms with Gasteiger partial charge in [0.15, 0.2) is 17.1 Å². The van der Waals surface area contributed by atoms with Crippen LogP contribution in [0.1, 0.15) is 0 Å². The third-order valence-electron chi connectivity index (χ3n) is 3.23. The Kier molecular flexibility index (Phi) is 3.69. The van der Waals surface area contributed by atoms with Crippen LogP contribution in [0, 0.1) is 0 Å². The Hall–Kier alpha value is -2.96. The highest BCUT2D eigenvalue weighted by molar-refractivity contribution is 5.66. The topological polar surface area (TPSA) is 69.9 Å². The van der Waals surface area contributed by atoms with Crippen molar-refractivity contribution in [1.82, 2.24) is 14.6 Å². The van der Waals surface area contributed by atoms with Crippen LogP contribution in [0.3, 0.4) is 0 Å². The monoisotopic (exact) mass is 300 g/mol. The van der Waals surface area contributed by atoms with E-state index >= 15 is 0 Å². The van der Waals surface area contributed by atoms with Crippen molar-refractivity contribution in [1.29, 1.82) is 0 Å². The van der Waals surface area contributed by atoms with Crippen molar-refractivity contribution in [2.45, 2.75) is 0 Å². The second-order valence-corrected chi connectivity index (χ2v) is 4.49. The molecule has 0 spiro atoms. The lowest BCUT2D eigenvalue weighted by atomic mass is 10.2. The number of methoxy groups -OCH3 is 3. The molecule has 0 radical (unpaired) electrons. The predicted molar refractivity (Wildman–Crippen MR) is 82.4 cm³/mol. The maximum Gasteiger partial charge on any atom is 0.233 e. The van der Waals surface area contributed by atoms with Crippen LogP contribution in [0.5, 0.6) is 17.2 Å². The van der Waals surface area contributed by atoms with Gasteiger partial charge in [-0.25, -0.2) is 0 Å². The summed E-state index contributed by atoms with van der Waals surface area (Å²) in [5.41, 5.74) is 1.52. The molecule has 7 nitrogen and oxygen atoms in total. The number of rotatable bonds is 5. The maximum atomic E-state index is 5.34. The summed E-state index contributed by atoms with van der Waals surface area (Å²) in [6.07, 6.45) is 1.88. The minimum Gasteiger partial charge on any atom is -0.493 e. The van der Waals surface area contributed by atoms with E-state index in [2.05, 4.69) is 15.5 Å². The third-order valence-corrected chi connectivity index (χ3v) is 3.23. The fraction of sp³-hybridized carbons (Fsp3) is 0.200. The van der Waals surface area contributed by atoms with Crippen LogP contribution in [0.4, 0.5) is 11.6 Å². The summed E-state index contributed by atoms with van der Waals surface area (Å²) in [7, 11) is 4.72. The molecule has 2 heterocycles. The SMILES string of the molecule is COc1cc(Nc2nnc3ccccn23)cc(OC)c1OC. The number of hydrogen-bond acceptors (Lipinski definition) is 6. The van der Waals surface area contributed by atoms with E-state index in [1.165, 1.54) is 0 Å². The lowest BCUT2D eigenvalue weighted by Gasteiger charge is -2.14. The molecule has 0 aliphatic rings. The van der Waals surface area contributed by atoms with Crippen LogP contribution in [-0.4, -0.2) is 35.9 Å². The number of aromatic nitrogens is 3. The van der Waals surface area contributed by atoms with E-state index in [1.807, 2.05) is 40.9 Å². The number of hydrogen-bond donors (Lipinski definition) is 1. The zero-order valence-electron chi connectivity index (χ0n) is 12.5. The molecule has 0 amide bonds. The Morgan fingerprint density at radius 2 is 1.68 bits per heavy atom.